The second kappa shape index (κ2) is 4.91. The van der Waals surface area contributed by atoms with Gasteiger partial charge in [-0.3, -0.25) is 9.78 Å². The maximum atomic E-state index is 12.1. The highest BCUT2D eigenvalue weighted by Gasteiger charge is 2.11. The fraction of sp³-hybridized carbons (Fsp3) is 0.200. The summed E-state index contributed by atoms with van der Waals surface area (Å²) in [4.78, 5) is 16.3. The summed E-state index contributed by atoms with van der Waals surface area (Å²) in [5.41, 5.74) is 1.50. The first-order valence-electron chi connectivity index (χ1n) is 5.76. The van der Waals surface area contributed by atoms with E-state index in [0.717, 1.165) is 22.8 Å². The number of nitrogens with zero attached hydrogens (tertiary/aromatic N) is 1. The lowest BCUT2D eigenvalue weighted by Crippen LogP contribution is -2.03. The van der Waals surface area contributed by atoms with Crippen molar-refractivity contribution in [3.63, 3.8) is 0 Å². The van der Waals surface area contributed by atoms with Crippen LogP contribution in [0.1, 0.15) is 30.3 Å². The molecule has 0 aliphatic carbocycles. The molecule has 0 radical (unpaired) electrons. The van der Waals surface area contributed by atoms with Gasteiger partial charge in [-0.15, -0.1) is 0 Å². The van der Waals surface area contributed by atoms with Gasteiger partial charge in [-0.2, -0.15) is 0 Å². The van der Waals surface area contributed by atoms with Crippen LogP contribution in [0.3, 0.4) is 0 Å². The van der Waals surface area contributed by atoms with Gasteiger partial charge < -0.3 is 0 Å². The molecule has 2 nitrogen and oxygen atoms in total. The summed E-state index contributed by atoms with van der Waals surface area (Å²) in [5.74, 6) is 0.0497. The van der Waals surface area contributed by atoms with Crippen LogP contribution in [0.15, 0.2) is 48.7 Å². The molecule has 2 aromatic rings. The van der Waals surface area contributed by atoms with Crippen LogP contribution < -0.4 is 0 Å². The number of allylic oxidation sites excluding steroid dienone is 1. The summed E-state index contributed by atoms with van der Waals surface area (Å²) in [5, 5.41) is 1.97. The molecule has 0 unspecified atom stereocenters. The second-order valence-electron chi connectivity index (χ2n) is 4.08. The van der Waals surface area contributed by atoms with Crippen LogP contribution in [0.4, 0.5) is 0 Å². The number of pyridine rings is 1. The standard InChI is InChI=1S/C15H15NO/c1-3-11(2)10-14(17)15-13-7-5-4-6-12(13)8-9-16-15/h4-9H,2-3,10H2,1H3. The largest absolute Gasteiger partial charge is 0.292 e. The number of aromatic nitrogens is 1. The Kier molecular flexibility index (Phi) is 3.33. The van der Waals surface area contributed by atoms with Crippen molar-refractivity contribution in [1.82, 2.24) is 4.98 Å². The molecule has 0 atom stereocenters. The zero-order chi connectivity index (χ0) is 12.3. The highest BCUT2D eigenvalue weighted by Crippen LogP contribution is 2.19. The number of Topliss-reactive ketones (excluding diaryl/α,β-unsaturated/α-hetero) is 1. The van der Waals surface area contributed by atoms with Crippen molar-refractivity contribution in [2.45, 2.75) is 19.8 Å². The average Bonchev–Trinajstić information content (AvgIpc) is 2.37. The normalized spacial score (nSPS) is 10.4. The van der Waals surface area contributed by atoms with Crippen LogP contribution in [-0.2, 0) is 0 Å². The van der Waals surface area contributed by atoms with E-state index in [9.17, 15) is 4.79 Å². The van der Waals surface area contributed by atoms with Gasteiger partial charge in [0.2, 0.25) is 0 Å². The molecule has 2 heteroatoms. The molecular formula is C15H15NO. The lowest BCUT2D eigenvalue weighted by molar-refractivity contribution is 0.0989. The van der Waals surface area contributed by atoms with Gasteiger partial charge in [0.05, 0.1) is 0 Å². The Morgan fingerprint density at radius 3 is 2.82 bits per heavy atom. The van der Waals surface area contributed by atoms with Crippen LogP contribution in [0.2, 0.25) is 0 Å². The summed E-state index contributed by atoms with van der Waals surface area (Å²) < 4.78 is 0. The van der Waals surface area contributed by atoms with Gasteiger partial charge >= 0.3 is 0 Å². The first kappa shape index (κ1) is 11.5. The lowest BCUT2D eigenvalue weighted by atomic mass is 10.0. The second-order valence-corrected chi connectivity index (χ2v) is 4.08. The fourth-order valence-corrected chi connectivity index (χ4v) is 1.78. The fourth-order valence-electron chi connectivity index (χ4n) is 1.78. The third-order valence-electron chi connectivity index (χ3n) is 2.85. The number of ketones is 1. The first-order chi connectivity index (χ1) is 8.22. The molecule has 0 saturated heterocycles. The number of hydrogen-bond donors (Lipinski definition) is 0. The smallest absolute Gasteiger partial charge is 0.185 e. The van der Waals surface area contributed by atoms with Gasteiger partial charge in [-0.25, -0.2) is 0 Å². The topological polar surface area (TPSA) is 30.0 Å². The molecule has 0 amide bonds. The molecule has 0 N–H and O–H groups in total. The zero-order valence-corrected chi connectivity index (χ0v) is 9.94. The number of carbonyl (C=O) groups is 1. The van der Waals surface area contributed by atoms with Crippen molar-refractivity contribution in [1.29, 1.82) is 0 Å². The monoisotopic (exact) mass is 225 g/mol. The predicted octanol–water partition coefficient (Wildman–Crippen LogP) is 3.77. The van der Waals surface area contributed by atoms with Crippen molar-refractivity contribution in [2.24, 2.45) is 0 Å². The van der Waals surface area contributed by atoms with Gasteiger partial charge in [0.15, 0.2) is 5.78 Å². The summed E-state index contributed by atoms with van der Waals surface area (Å²) in [6.07, 6.45) is 2.90. The van der Waals surface area contributed by atoms with Gasteiger partial charge in [0.1, 0.15) is 5.69 Å². The maximum absolute atomic E-state index is 12.1. The zero-order valence-electron chi connectivity index (χ0n) is 9.94. The third-order valence-corrected chi connectivity index (χ3v) is 2.85. The third kappa shape index (κ3) is 2.41. The van der Waals surface area contributed by atoms with Crippen LogP contribution in [0.25, 0.3) is 10.8 Å². The quantitative estimate of drug-likeness (QED) is 0.585. The number of carbonyl (C=O) groups excluding carboxylic acids is 1. The molecule has 1 aromatic heterocycles. The van der Waals surface area contributed by atoms with Crippen molar-refractivity contribution >= 4 is 16.6 Å². The number of hydrogen-bond acceptors (Lipinski definition) is 2. The van der Waals surface area contributed by atoms with Gasteiger partial charge in [-0.1, -0.05) is 43.3 Å². The Balaban J connectivity index is 2.41. The minimum absolute atomic E-state index is 0.0497. The Morgan fingerprint density at radius 2 is 2.06 bits per heavy atom. The van der Waals surface area contributed by atoms with Crippen LogP contribution >= 0.6 is 0 Å². The molecule has 17 heavy (non-hydrogen) atoms. The van der Waals surface area contributed by atoms with E-state index in [1.54, 1.807) is 6.20 Å². The Hall–Kier alpha value is -1.96. The van der Waals surface area contributed by atoms with E-state index in [2.05, 4.69) is 11.6 Å². The van der Waals surface area contributed by atoms with Crippen molar-refractivity contribution in [3.8, 4) is 0 Å². The van der Waals surface area contributed by atoms with E-state index in [4.69, 9.17) is 0 Å². The molecule has 86 valence electrons. The van der Waals surface area contributed by atoms with Crippen molar-refractivity contribution < 1.29 is 4.79 Å². The Bertz CT molecular complexity index is 567. The molecular weight excluding hydrogens is 210 g/mol. The van der Waals surface area contributed by atoms with Crippen LogP contribution in [0.5, 0.6) is 0 Å². The Labute approximate surface area is 101 Å². The molecule has 2 rings (SSSR count). The van der Waals surface area contributed by atoms with Crippen LogP contribution in [0, 0.1) is 0 Å². The SMILES string of the molecule is C=C(CC)CC(=O)c1nccc2ccccc12. The summed E-state index contributed by atoms with van der Waals surface area (Å²) in [7, 11) is 0. The highest BCUT2D eigenvalue weighted by molar-refractivity contribution is 6.06. The van der Waals surface area contributed by atoms with Gasteiger partial charge in [-0.05, 0) is 17.9 Å². The maximum Gasteiger partial charge on any atom is 0.185 e. The molecule has 0 saturated carbocycles. The highest BCUT2D eigenvalue weighted by atomic mass is 16.1. The van der Waals surface area contributed by atoms with E-state index >= 15 is 0 Å². The summed E-state index contributed by atoms with van der Waals surface area (Å²) in [6, 6.07) is 9.73. The van der Waals surface area contributed by atoms with E-state index in [-0.39, 0.29) is 5.78 Å². The number of rotatable bonds is 4. The van der Waals surface area contributed by atoms with Crippen molar-refractivity contribution in [2.75, 3.05) is 0 Å². The summed E-state index contributed by atoms with van der Waals surface area (Å²) in [6.45, 7) is 5.88. The van der Waals surface area contributed by atoms with Crippen LogP contribution in [-0.4, -0.2) is 10.8 Å². The van der Waals surface area contributed by atoms with Gasteiger partial charge in [0.25, 0.3) is 0 Å². The van der Waals surface area contributed by atoms with E-state index in [1.165, 1.54) is 0 Å². The average molecular weight is 225 g/mol. The molecule has 0 fully saturated rings. The molecule has 0 bridgehead atoms. The lowest BCUT2D eigenvalue weighted by Gasteiger charge is -2.05. The van der Waals surface area contributed by atoms with E-state index in [0.29, 0.717) is 12.1 Å². The summed E-state index contributed by atoms with van der Waals surface area (Å²) >= 11 is 0. The number of benzene rings is 1. The molecule has 0 aliphatic heterocycles. The first-order valence-corrected chi connectivity index (χ1v) is 5.76. The van der Waals surface area contributed by atoms with Crippen molar-refractivity contribution in [3.05, 3.63) is 54.4 Å². The molecule has 1 aromatic carbocycles. The van der Waals surface area contributed by atoms with Gasteiger partial charge in [0, 0.05) is 18.0 Å². The minimum Gasteiger partial charge on any atom is -0.292 e. The molecule has 0 aliphatic rings. The number of fused-ring (bicyclic) bond motifs is 1. The molecule has 0 spiro atoms. The van der Waals surface area contributed by atoms with E-state index in [1.807, 2.05) is 37.3 Å². The minimum atomic E-state index is 0.0497. The van der Waals surface area contributed by atoms with E-state index < -0.39 is 0 Å². The molecule has 1 heterocycles. The Morgan fingerprint density at radius 1 is 1.29 bits per heavy atom. The predicted molar refractivity (Wildman–Crippen MR) is 70.1 cm³/mol.